The largest absolute Gasteiger partial charge is 0.465 e. The summed E-state index contributed by atoms with van der Waals surface area (Å²) in [4.78, 5) is 25.1. The first kappa shape index (κ1) is 25.0. The van der Waals surface area contributed by atoms with Crippen molar-refractivity contribution in [1.29, 1.82) is 0 Å². The summed E-state index contributed by atoms with van der Waals surface area (Å²) in [6, 6.07) is 0. The van der Waals surface area contributed by atoms with E-state index in [1.54, 1.807) is 13.0 Å². The highest BCUT2D eigenvalue weighted by molar-refractivity contribution is 5.97. The van der Waals surface area contributed by atoms with E-state index in [4.69, 9.17) is 9.47 Å². The molecule has 0 bridgehead atoms. The van der Waals surface area contributed by atoms with Crippen LogP contribution in [0.3, 0.4) is 0 Å². The van der Waals surface area contributed by atoms with E-state index in [9.17, 15) is 30.0 Å². The lowest BCUT2D eigenvalue weighted by atomic mass is 9.42. The summed E-state index contributed by atoms with van der Waals surface area (Å²) >= 11 is 0. The van der Waals surface area contributed by atoms with Crippen molar-refractivity contribution in [3.8, 4) is 0 Å². The van der Waals surface area contributed by atoms with Crippen LogP contribution in [0.25, 0.3) is 0 Å². The standard InChI is InChI=1S/C28H40O8/c1-15-16(14-35-22(15)31)12-20(30)25(4,32)28(34)11-10-26(33)18-13-21-27(36-21)8-5-6-19(29)24(27,3)17(18)7-9-23(26,28)2/h5-6,15-18,20-21,30,32-34H,7-14H2,1-4H3/t15-,16-,17+,18-,20-,21-,23+,24+,25+,26-,27-,28+/m1/s1. The van der Waals surface area contributed by atoms with Crippen LogP contribution in [0, 0.1) is 34.5 Å². The number of esters is 1. The maximum Gasteiger partial charge on any atom is 0.309 e. The van der Waals surface area contributed by atoms with Crippen LogP contribution in [0.2, 0.25) is 0 Å². The molecule has 0 unspecified atom stereocenters. The van der Waals surface area contributed by atoms with Crippen molar-refractivity contribution in [3.05, 3.63) is 12.2 Å². The van der Waals surface area contributed by atoms with Gasteiger partial charge in [0.15, 0.2) is 5.78 Å². The van der Waals surface area contributed by atoms with E-state index in [0.717, 1.165) is 0 Å². The Morgan fingerprint density at radius 1 is 1.17 bits per heavy atom. The van der Waals surface area contributed by atoms with Crippen molar-refractivity contribution in [3.63, 3.8) is 0 Å². The van der Waals surface area contributed by atoms with Crippen molar-refractivity contribution in [2.45, 2.75) is 107 Å². The molecule has 3 saturated carbocycles. The molecule has 4 N–H and O–H groups in total. The minimum Gasteiger partial charge on any atom is -0.465 e. The quantitative estimate of drug-likeness (QED) is 0.335. The molecule has 8 nitrogen and oxygen atoms in total. The van der Waals surface area contributed by atoms with Gasteiger partial charge in [0.25, 0.3) is 0 Å². The fourth-order valence-corrected chi connectivity index (χ4v) is 9.62. The minimum absolute atomic E-state index is 0.0521. The summed E-state index contributed by atoms with van der Waals surface area (Å²) in [5, 5.41) is 47.7. The number of carbonyl (C=O) groups excluding carboxylic acids is 2. The number of cyclic esters (lactones) is 1. The third-order valence-corrected chi connectivity index (χ3v) is 12.4. The number of allylic oxidation sites excluding steroid dienone is 1. The molecule has 1 spiro atoms. The van der Waals surface area contributed by atoms with Gasteiger partial charge in [-0.1, -0.05) is 19.9 Å². The Labute approximate surface area is 212 Å². The summed E-state index contributed by atoms with van der Waals surface area (Å²) in [6.07, 6.45) is 5.02. The number of hydrogen-bond acceptors (Lipinski definition) is 8. The molecule has 5 fully saturated rings. The van der Waals surface area contributed by atoms with Gasteiger partial charge in [0.2, 0.25) is 0 Å². The molecular weight excluding hydrogens is 464 g/mol. The molecule has 0 aromatic carbocycles. The second-order valence-corrected chi connectivity index (χ2v) is 13.4. The van der Waals surface area contributed by atoms with Gasteiger partial charge in [0.05, 0.1) is 35.7 Å². The highest BCUT2D eigenvalue weighted by atomic mass is 16.6. The van der Waals surface area contributed by atoms with E-state index in [1.807, 2.05) is 19.9 Å². The molecule has 36 heavy (non-hydrogen) atoms. The molecule has 0 amide bonds. The lowest BCUT2D eigenvalue weighted by molar-refractivity contribution is -0.281. The number of ketones is 1. The lowest BCUT2D eigenvalue weighted by Crippen LogP contribution is -2.72. The van der Waals surface area contributed by atoms with Gasteiger partial charge in [0, 0.05) is 11.3 Å². The fraction of sp³-hybridized carbons (Fsp3) is 0.857. The lowest BCUT2D eigenvalue weighted by Gasteiger charge is -2.63. The summed E-state index contributed by atoms with van der Waals surface area (Å²) in [7, 11) is 0. The van der Waals surface area contributed by atoms with Crippen molar-refractivity contribution in [1.82, 2.24) is 0 Å². The molecule has 6 rings (SSSR count). The minimum atomic E-state index is -1.92. The van der Waals surface area contributed by atoms with E-state index >= 15 is 0 Å². The molecule has 0 radical (unpaired) electrons. The summed E-state index contributed by atoms with van der Waals surface area (Å²) < 4.78 is 11.4. The molecule has 2 heterocycles. The number of hydrogen-bond donors (Lipinski definition) is 4. The first-order valence-electron chi connectivity index (χ1n) is 13.6. The second-order valence-electron chi connectivity index (χ2n) is 13.4. The monoisotopic (exact) mass is 504 g/mol. The van der Waals surface area contributed by atoms with Crippen LogP contribution in [0.4, 0.5) is 0 Å². The number of aliphatic hydroxyl groups excluding tert-OH is 1. The summed E-state index contributed by atoms with van der Waals surface area (Å²) in [5.74, 6) is -1.26. The number of aliphatic hydroxyl groups is 4. The van der Waals surface area contributed by atoms with E-state index in [1.165, 1.54) is 6.92 Å². The van der Waals surface area contributed by atoms with Crippen LogP contribution in [0.15, 0.2) is 12.2 Å². The highest BCUT2D eigenvalue weighted by Crippen LogP contribution is 2.75. The topological polar surface area (TPSA) is 137 Å². The number of ether oxygens (including phenoxy) is 2. The second kappa shape index (κ2) is 7.20. The van der Waals surface area contributed by atoms with Crippen LogP contribution in [-0.2, 0) is 19.1 Å². The van der Waals surface area contributed by atoms with Crippen molar-refractivity contribution < 1.29 is 39.5 Å². The summed E-state index contributed by atoms with van der Waals surface area (Å²) in [6.45, 7) is 7.21. The van der Waals surface area contributed by atoms with Gasteiger partial charge >= 0.3 is 5.97 Å². The molecule has 6 aliphatic rings. The van der Waals surface area contributed by atoms with E-state index in [-0.39, 0.29) is 67.4 Å². The van der Waals surface area contributed by atoms with Crippen LogP contribution < -0.4 is 0 Å². The Morgan fingerprint density at radius 3 is 2.56 bits per heavy atom. The Hall–Kier alpha value is -1.32. The van der Waals surface area contributed by atoms with E-state index in [2.05, 4.69) is 0 Å². The van der Waals surface area contributed by atoms with E-state index < -0.39 is 39.3 Å². The predicted octanol–water partition coefficient (Wildman–Crippen LogP) is 1.66. The molecule has 2 aliphatic heterocycles. The zero-order valence-corrected chi connectivity index (χ0v) is 21.7. The first-order valence-corrected chi connectivity index (χ1v) is 13.6. The van der Waals surface area contributed by atoms with Crippen LogP contribution in [0.5, 0.6) is 0 Å². The van der Waals surface area contributed by atoms with Gasteiger partial charge in [-0.25, -0.2) is 0 Å². The number of epoxide rings is 1. The van der Waals surface area contributed by atoms with Gasteiger partial charge in [-0.05, 0) is 76.7 Å². The number of carbonyl (C=O) groups is 2. The Bertz CT molecular complexity index is 1040. The number of fused-ring (bicyclic) bond motifs is 4. The molecule has 0 aromatic rings. The van der Waals surface area contributed by atoms with Crippen LogP contribution in [-0.4, -0.2) is 73.4 Å². The van der Waals surface area contributed by atoms with Gasteiger partial charge in [-0.2, -0.15) is 0 Å². The highest BCUT2D eigenvalue weighted by Gasteiger charge is 2.82. The fourth-order valence-electron chi connectivity index (χ4n) is 9.62. The van der Waals surface area contributed by atoms with Crippen molar-refractivity contribution in [2.75, 3.05) is 6.61 Å². The molecular formula is C28H40O8. The van der Waals surface area contributed by atoms with Gasteiger partial charge in [-0.15, -0.1) is 0 Å². The molecule has 8 heteroatoms. The molecule has 2 saturated heterocycles. The molecule has 12 atom stereocenters. The maximum atomic E-state index is 13.3. The molecule has 4 aliphatic carbocycles. The van der Waals surface area contributed by atoms with Gasteiger partial charge in [-0.3, -0.25) is 9.59 Å². The zero-order chi connectivity index (χ0) is 26.1. The van der Waals surface area contributed by atoms with Gasteiger partial charge < -0.3 is 29.9 Å². The number of rotatable bonds is 4. The van der Waals surface area contributed by atoms with Crippen molar-refractivity contribution in [2.24, 2.45) is 34.5 Å². The zero-order valence-electron chi connectivity index (χ0n) is 21.7. The Balaban J connectivity index is 1.32. The van der Waals surface area contributed by atoms with E-state index in [0.29, 0.717) is 25.7 Å². The van der Waals surface area contributed by atoms with Crippen LogP contribution in [0.1, 0.15) is 72.6 Å². The first-order chi connectivity index (χ1) is 16.7. The Morgan fingerprint density at radius 2 is 1.89 bits per heavy atom. The normalized spacial score (nSPS) is 55.6. The predicted molar refractivity (Wildman–Crippen MR) is 127 cm³/mol. The Kier molecular flexibility index (Phi) is 5.00. The summed E-state index contributed by atoms with van der Waals surface area (Å²) in [5.41, 5.74) is -7.32. The molecule has 200 valence electrons. The smallest absolute Gasteiger partial charge is 0.309 e. The average Bonchev–Trinajstić information content (AvgIpc) is 3.39. The van der Waals surface area contributed by atoms with Crippen molar-refractivity contribution >= 4 is 11.8 Å². The van der Waals surface area contributed by atoms with Crippen LogP contribution >= 0.6 is 0 Å². The third-order valence-electron chi connectivity index (χ3n) is 12.4. The average molecular weight is 505 g/mol. The molecule has 0 aromatic heterocycles. The SMILES string of the molecule is C[C@H]1C(=O)OC[C@H]1C[C@@H](O)[C@](C)(O)[C@]1(O)CC[C@@]2(O)[C@@H]3C[C@H]4O[C@]45CC=CC(=O)[C@]5(C)[C@H]3CC[C@]12C. The van der Waals surface area contributed by atoms with Gasteiger partial charge in [0.1, 0.15) is 16.8 Å². The maximum absolute atomic E-state index is 13.3. The third kappa shape index (κ3) is 2.58.